The number of rotatable bonds is 3. The summed E-state index contributed by atoms with van der Waals surface area (Å²) in [4.78, 5) is 17.6. The first-order valence-corrected chi connectivity index (χ1v) is 9.70. The van der Waals surface area contributed by atoms with Gasteiger partial charge in [-0.1, -0.05) is 18.2 Å². The lowest BCUT2D eigenvalue weighted by Gasteiger charge is -2.11. The first-order valence-electron chi connectivity index (χ1n) is 8.97. The lowest BCUT2D eigenvalue weighted by atomic mass is 10.1. The molecule has 0 aliphatic carbocycles. The third kappa shape index (κ3) is 3.00. The predicted octanol–water partition coefficient (Wildman–Crippen LogP) is 4.14. The van der Waals surface area contributed by atoms with E-state index in [-0.39, 0.29) is 5.91 Å². The van der Waals surface area contributed by atoms with E-state index >= 15 is 0 Å². The van der Waals surface area contributed by atoms with E-state index in [1.807, 2.05) is 30.3 Å². The van der Waals surface area contributed by atoms with Crippen molar-refractivity contribution in [3.8, 4) is 11.3 Å². The minimum atomic E-state index is -0.165. The van der Waals surface area contributed by atoms with Crippen molar-refractivity contribution >= 4 is 34.4 Å². The number of aromatic nitrogens is 4. The number of para-hydroxylation sites is 1. The van der Waals surface area contributed by atoms with E-state index in [2.05, 4.69) is 24.8 Å². The number of amides is 1. The average molecular weight is 375 g/mol. The Balaban J connectivity index is 1.47. The van der Waals surface area contributed by atoms with Crippen LogP contribution in [-0.4, -0.2) is 24.2 Å². The Morgan fingerprint density at radius 1 is 1.07 bits per heavy atom. The summed E-state index contributed by atoms with van der Waals surface area (Å²) in [5, 5.41) is 3.03. The molecule has 27 heavy (non-hydrogen) atoms. The standard InChI is InChI=1S/C20H17N5OS/c26-20(13-8-9-16-17(11-13)24-27-23-16)22-15-6-2-1-5-14(15)18-12-25-10-4-3-7-19(25)21-18/h1-2,5-6,8-9,11-12H,3-4,7,10H2,(H,22,26). The Morgan fingerprint density at radius 2 is 1.96 bits per heavy atom. The zero-order chi connectivity index (χ0) is 18.2. The SMILES string of the molecule is O=C(Nc1ccccc1-c1cn2c(n1)CCCC2)c1ccc2nsnc2c1. The molecule has 1 aliphatic heterocycles. The zero-order valence-electron chi connectivity index (χ0n) is 14.6. The van der Waals surface area contributed by atoms with Crippen molar-refractivity contribution in [2.45, 2.75) is 25.8 Å². The average Bonchev–Trinajstić information content (AvgIpc) is 3.34. The number of anilines is 1. The minimum absolute atomic E-state index is 0.165. The van der Waals surface area contributed by atoms with Gasteiger partial charge in [-0.25, -0.2) is 4.98 Å². The van der Waals surface area contributed by atoms with Crippen LogP contribution in [0.15, 0.2) is 48.7 Å². The maximum absolute atomic E-state index is 12.8. The number of nitrogens with one attached hydrogen (secondary N) is 1. The molecule has 0 atom stereocenters. The van der Waals surface area contributed by atoms with Crippen LogP contribution in [0.25, 0.3) is 22.3 Å². The van der Waals surface area contributed by atoms with Crippen LogP contribution in [0.5, 0.6) is 0 Å². The Bertz CT molecular complexity index is 1120. The van der Waals surface area contributed by atoms with E-state index in [0.29, 0.717) is 5.56 Å². The highest BCUT2D eigenvalue weighted by Crippen LogP contribution is 2.29. The van der Waals surface area contributed by atoms with Crippen LogP contribution in [0, 0.1) is 0 Å². The van der Waals surface area contributed by atoms with Gasteiger partial charge < -0.3 is 9.88 Å². The number of hydrogen-bond donors (Lipinski definition) is 1. The van der Waals surface area contributed by atoms with Crippen molar-refractivity contribution in [1.29, 1.82) is 0 Å². The first kappa shape index (κ1) is 16.1. The number of aryl methyl sites for hydroxylation is 2. The molecule has 4 aromatic rings. The van der Waals surface area contributed by atoms with Crippen molar-refractivity contribution < 1.29 is 4.79 Å². The minimum Gasteiger partial charge on any atom is -0.334 e. The molecule has 3 heterocycles. The van der Waals surface area contributed by atoms with E-state index in [1.165, 1.54) is 12.8 Å². The Labute approximate surface area is 160 Å². The summed E-state index contributed by atoms with van der Waals surface area (Å²) in [7, 11) is 0. The van der Waals surface area contributed by atoms with Gasteiger partial charge in [-0.3, -0.25) is 4.79 Å². The number of nitrogens with zero attached hydrogens (tertiary/aromatic N) is 4. The number of carbonyl (C=O) groups excluding carboxylic acids is 1. The third-order valence-electron chi connectivity index (χ3n) is 4.88. The predicted molar refractivity (Wildman–Crippen MR) is 106 cm³/mol. The van der Waals surface area contributed by atoms with Crippen LogP contribution >= 0.6 is 11.7 Å². The second-order valence-electron chi connectivity index (χ2n) is 6.66. The first-order chi connectivity index (χ1) is 13.3. The van der Waals surface area contributed by atoms with Gasteiger partial charge in [-0.05, 0) is 37.1 Å². The molecule has 1 N–H and O–H groups in total. The van der Waals surface area contributed by atoms with Gasteiger partial charge in [0.25, 0.3) is 5.91 Å². The van der Waals surface area contributed by atoms with Crippen LogP contribution < -0.4 is 5.32 Å². The normalized spacial score (nSPS) is 13.5. The highest BCUT2D eigenvalue weighted by atomic mass is 32.1. The molecular formula is C20H17N5OS. The zero-order valence-corrected chi connectivity index (χ0v) is 15.4. The van der Waals surface area contributed by atoms with E-state index in [9.17, 15) is 4.79 Å². The van der Waals surface area contributed by atoms with Crippen molar-refractivity contribution in [2.75, 3.05) is 5.32 Å². The topological polar surface area (TPSA) is 72.7 Å². The number of hydrogen-bond acceptors (Lipinski definition) is 5. The highest BCUT2D eigenvalue weighted by Gasteiger charge is 2.16. The second kappa shape index (κ2) is 6.59. The van der Waals surface area contributed by atoms with E-state index in [0.717, 1.165) is 58.5 Å². The number of imidazole rings is 1. The van der Waals surface area contributed by atoms with Gasteiger partial charge >= 0.3 is 0 Å². The fraction of sp³-hybridized carbons (Fsp3) is 0.200. The summed E-state index contributed by atoms with van der Waals surface area (Å²) in [5.74, 6) is 0.959. The van der Waals surface area contributed by atoms with Gasteiger partial charge in [0.2, 0.25) is 0 Å². The molecule has 0 saturated carbocycles. The second-order valence-corrected chi connectivity index (χ2v) is 7.19. The number of carbonyl (C=O) groups is 1. The lowest BCUT2D eigenvalue weighted by molar-refractivity contribution is 0.102. The highest BCUT2D eigenvalue weighted by molar-refractivity contribution is 7.00. The molecule has 0 unspecified atom stereocenters. The molecule has 2 aromatic carbocycles. The van der Waals surface area contributed by atoms with Crippen molar-refractivity contribution in [2.24, 2.45) is 0 Å². The Hall–Kier alpha value is -3.06. The molecule has 1 aliphatic rings. The fourth-order valence-electron chi connectivity index (χ4n) is 3.48. The van der Waals surface area contributed by atoms with Gasteiger partial charge in [0.1, 0.15) is 16.9 Å². The van der Waals surface area contributed by atoms with Gasteiger partial charge in [-0.2, -0.15) is 8.75 Å². The molecule has 2 aromatic heterocycles. The maximum atomic E-state index is 12.8. The largest absolute Gasteiger partial charge is 0.334 e. The quantitative estimate of drug-likeness (QED) is 0.584. The van der Waals surface area contributed by atoms with Crippen LogP contribution in [0.3, 0.4) is 0 Å². The summed E-state index contributed by atoms with van der Waals surface area (Å²) < 4.78 is 10.6. The molecule has 5 rings (SSSR count). The Morgan fingerprint density at radius 3 is 2.89 bits per heavy atom. The van der Waals surface area contributed by atoms with Gasteiger partial charge in [0.15, 0.2) is 0 Å². The van der Waals surface area contributed by atoms with Crippen molar-refractivity contribution in [3.63, 3.8) is 0 Å². The van der Waals surface area contributed by atoms with Crippen molar-refractivity contribution in [3.05, 3.63) is 60.0 Å². The van der Waals surface area contributed by atoms with E-state index in [1.54, 1.807) is 12.1 Å². The molecule has 6 nitrogen and oxygen atoms in total. The summed E-state index contributed by atoms with van der Waals surface area (Å²) in [6.45, 7) is 1.01. The number of fused-ring (bicyclic) bond motifs is 2. The summed E-state index contributed by atoms with van der Waals surface area (Å²) in [6, 6.07) is 13.2. The van der Waals surface area contributed by atoms with Crippen LogP contribution in [0.2, 0.25) is 0 Å². The van der Waals surface area contributed by atoms with Crippen LogP contribution in [-0.2, 0) is 13.0 Å². The summed E-state index contributed by atoms with van der Waals surface area (Å²) in [5.41, 5.74) is 4.71. The smallest absolute Gasteiger partial charge is 0.255 e. The molecule has 0 fully saturated rings. The third-order valence-corrected chi connectivity index (χ3v) is 5.43. The maximum Gasteiger partial charge on any atom is 0.255 e. The Kier molecular flexibility index (Phi) is 3.94. The molecule has 0 bridgehead atoms. The summed E-state index contributed by atoms with van der Waals surface area (Å²) >= 11 is 1.15. The van der Waals surface area contributed by atoms with Gasteiger partial charge in [0.05, 0.1) is 23.1 Å². The van der Waals surface area contributed by atoms with Crippen LogP contribution in [0.1, 0.15) is 29.0 Å². The fourth-order valence-corrected chi connectivity index (χ4v) is 3.99. The molecule has 0 spiro atoms. The van der Waals surface area contributed by atoms with Crippen LogP contribution in [0.4, 0.5) is 5.69 Å². The van der Waals surface area contributed by atoms with Crippen molar-refractivity contribution in [1.82, 2.24) is 18.3 Å². The summed E-state index contributed by atoms with van der Waals surface area (Å²) in [6.07, 6.45) is 5.47. The molecular weight excluding hydrogens is 358 g/mol. The molecule has 1 amide bonds. The lowest BCUT2D eigenvalue weighted by Crippen LogP contribution is -2.12. The molecule has 134 valence electrons. The molecule has 0 saturated heterocycles. The monoisotopic (exact) mass is 375 g/mol. The molecule has 7 heteroatoms. The molecule has 0 radical (unpaired) electrons. The number of benzene rings is 2. The van der Waals surface area contributed by atoms with Gasteiger partial charge in [0, 0.05) is 30.3 Å². The van der Waals surface area contributed by atoms with E-state index in [4.69, 9.17) is 4.98 Å². The van der Waals surface area contributed by atoms with Gasteiger partial charge in [-0.15, -0.1) is 0 Å². The van der Waals surface area contributed by atoms with E-state index < -0.39 is 0 Å².